The van der Waals surface area contributed by atoms with Gasteiger partial charge in [-0.05, 0) is 29.8 Å². The third-order valence-corrected chi connectivity index (χ3v) is 4.37. The Labute approximate surface area is 156 Å². The van der Waals surface area contributed by atoms with Crippen molar-refractivity contribution >= 4 is 35.0 Å². The number of carbonyl (C=O) groups excluding carboxylic acids is 3. The lowest BCUT2D eigenvalue weighted by atomic mass is 10.1. The second kappa shape index (κ2) is 8.75. The van der Waals surface area contributed by atoms with Gasteiger partial charge in [-0.1, -0.05) is 26.0 Å². The van der Waals surface area contributed by atoms with Gasteiger partial charge in [0, 0.05) is 5.56 Å². The second-order valence-electron chi connectivity index (χ2n) is 5.93. The van der Waals surface area contributed by atoms with E-state index in [0.29, 0.717) is 17.1 Å². The van der Waals surface area contributed by atoms with Crippen molar-refractivity contribution in [2.45, 2.75) is 13.8 Å². The third kappa shape index (κ3) is 4.57. The third-order valence-electron chi connectivity index (χ3n) is 3.46. The maximum Gasteiger partial charge on any atom is 0.326 e. The molecule has 1 aliphatic heterocycles. The number of nitrogens with zero attached hydrogens (tertiary/aromatic N) is 1. The van der Waals surface area contributed by atoms with E-state index in [2.05, 4.69) is 0 Å². The summed E-state index contributed by atoms with van der Waals surface area (Å²) in [5, 5.41) is -0.510. The molecule has 0 aromatic heterocycles. The van der Waals surface area contributed by atoms with Crippen molar-refractivity contribution < 1.29 is 28.6 Å². The standard InChI is InChI=1S/C18H21NO6S/c1-11(2)10-25-15(20)9-19-17(21)14(26-18(19)22)8-12-6-5-7-13(23-3)16(12)24-4/h5-8,11H,9-10H2,1-4H3/b14-8+. The van der Waals surface area contributed by atoms with E-state index in [4.69, 9.17) is 14.2 Å². The van der Waals surface area contributed by atoms with Crippen LogP contribution >= 0.6 is 11.8 Å². The van der Waals surface area contributed by atoms with Gasteiger partial charge in [0.2, 0.25) is 0 Å². The van der Waals surface area contributed by atoms with Crippen LogP contribution in [0.2, 0.25) is 0 Å². The molecule has 0 bridgehead atoms. The molecule has 7 nitrogen and oxygen atoms in total. The second-order valence-corrected chi connectivity index (χ2v) is 6.92. The van der Waals surface area contributed by atoms with Crippen molar-refractivity contribution in [2.75, 3.05) is 27.4 Å². The highest BCUT2D eigenvalue weighted by molar-refractivity contribution is 8.18. The van der Waals surface area contributed by atoms with Gasteiger partial charge in [-0.15, -0.1) is 0 Å². The molecule has 0 spiro atoms. The van der Waals surface area contributed by atoms with E-state index in [0.717, 1.165) is 16.7 Å². The van der Waals surface area contributed by atoms with Gasteiger partial charge in [0.1, 0.15) is 6.54 Å². The van der Waals surface area contributed by atoms with E-state index < -0.39 is 23.7 Å². The lowest BCUT2D eigenvalue weighted by Gasteiger charge is -2.13. The Morgan fingerprint density at radius 1 is 1.23 bits per heavy atom. The van der Waals surface area contributed by atoms with E-state index in [1.54, 1.807) is 24.3 Å². The van der Waals surface area contributed by atoms with Crippen LogP contribution in [0.5, 0.6) is 11.5 Å². The van der Waals surface area contributed by atoms with Gasteiger partial charge in [0.15, 0.2) is 11.5 Å². The summed E-state index contributed by atoms with van der Waals surface area (Å²) in [4.78, 5) is 37.5. The zero-order valence-electron chi connectivity index (χ0n) is 15.1. The maximum absolute atomic E-state index is 12.5. The Bertz CT molecular complexity index is 743. The molecule has 0 N–H and O–H groups in total. The fourth-order valence-corrected chi connectivity index (χ4v) is 3.07. The molecule has 0 aliphatic carbocycles. The van der Waals surface area contributed by atoms with Crippen LogP contribution < -0.4 is 9.47 Å². The predicted octanol–water partition coefficient (Wildman–Crippen LogP) is 2.94. The molecule has 1 aromatic rings. The number of imide groups is 1. The summed E-state index contributed by atoms with van der Waals surface area (Å²) >= 11 is 0.770. The molecule has 1 aliphatic rings. The first kappa shape index (κ1) is 19.8. The van der Waals surface area contributed by atoms with Crippen molar-refractivity contribution in [2.24, 2.45) is 5.92 Å². The van der Waals surface area contributed by atoms with Crippen molar-refractivity contribution in [1.29, 1.82) is 0 Å². The predicted molar refractivity (Wildman–Crippen MR) is 98.0 cm³/mol. The molecule has 1 aromatic carbocycles. The summed E-state index contributed by atoms with van der Waals surface area (Å²) < 4.78 is 15.6. The molecule has 0 unspecified atom stereocenters. The average molecular weight is 379 g/mol. The van der Waals surface area contributed by atoms with E-state index >= 15 is 0 Å². The van der Waals surface area contributed by atoms with E-state index in [-0.39, 0.29) is 17.4 Å². The molecule has 26 heavy (non-hydrogen) atoms. The maximum atomic E-state index is 12.5. The Morgan fingerprint density at radius 3 is 2.58 bits per heavy atom. The summed E-state index contributed by atoms with van der Waals surface area (Å²) in [6.45, 7) is 3.64. The summed E-state index contributed by atoms with van der Waals surface area (Å²) in [5.41, 5.74) is 0.597. The molecule has 0 atom stereocenters. The fourth-order valence-electron chi connectivity index (χ4n) is 2.24. The number of methoxy groups -OCH3 is 2. The molecular weight excluding hydrogens is 358 g/mol. The first-order valence-electron chi connectivity index (χ1n) is 7.99. The molecule has 0 saturated carbocycles. The van der Waals surface area contributed by atoms with Crippen molar-refractivity contribution in [3.63, 3.8) is 0 Å². The number of para-hydroxylation sites is 1. The quantitative estimate of drug-likeness (QED) is 0.532. The highest BCUT2D eigenvalue weighted by Crippen LogP contribution is 2.37. The van der Waals surface area contributed by atoms with Gasteiger partial charge in [0.05, 0.1) is 25.7 Å². The monoisotopic (exact) mass is 379 g/mol. The van der Waals surface area contributed by atoms with Crippen LogP contribution in [0.4, 0.5) is 4.79 Å². The van der Waals surface area contributed by atoms with Crippen LogP contribution in [0.25, 0.3) is 6.08 Å². The molecule has 1 fully saturated rings. The van der Waals surface area contributed by atoms with Crippen molar-refractivity contribution in [3.8, 4) is 11.5 Å². The lowest BCUT2D eigenvalue weighted by molar-refractivity contribution is -0.147. The number of hydrogen-bond donors (Lipinski definition) is 0. The molecule has 140 valence electrons. The number of esters is 1. The van der Waals surface area contributed by atoms with Gasteiger partial charge in [0.25, 0.3) is 11.1 Å². The molecule has 8 heteroatoms. The van der Waals surface area contributed by atoms with E-state index in [1.807, 2.05) is 13.8 Å². The summed E-state index contributed by atoms with van der Waals surface area (Å²) in [7, 11) is 3.00. The highest BCUT2D eigenvalue weighted by Gasteiger charge is 2.37. The number of amides is 2. The molecular formula is C18H21NO6S. The van der Waals surface area contributed by atoms with Gasteiger partial charge < -0.3 is 14.2 Å². The number of ether oxygens (including phenoxy) is 3. The molecule has 2 amide bonds. The Hall–Kier alpha value is -2.48. The average Bonchev–Trinajstić information content (AvgIpc) is 2.87. The van der Waals surface area contributed by atoms with Crippen LogP contribution in [0.1, 0.15) is 19.4 Å². The summed E-state index contributed by atoms with van der Waals surface area (Å²) in [6, 6.07) is 5.22. The number of hydrogen-bond acceptors (Lipinski definition) is 7. The van der Waals surface area contributed by atoms with Crippen LogP contribution in [0, 0.1) is 5.92 Å². The van der Waals surface area contributed by atoms with Crippen LogP contribution in [-0.4, -0.2) is 49.4 Å². The molecule has 1 heterocycles. The summed E-state index contributed by atoms with van der Waals surface area (Å²) in [6.07, 6.45) is 1.55. The minimum Gasteiger partial charge on any atom is -0.493 e. The highest BCUT2D eigenvalue weighted by atomic mass is 32.2. The lowest BCUT2D eigenvalue weighted by Crippen LogP contribution is -2.34. The van der Waals surface area contributed by atoms with E-state index in [1.165, 1.54) is 14.2 Å². The van der Waals surface area contributed by atoms with Gasteiger partial charge in [-0.2, -0.15) is 0 Å². The molecule has 1 saturated heterocycles. The van der Waals surface area contributed by atoms with Gasteiger partial charge >= 0.3 is 5.97 Å². The van der Waals surface area contributed by atoms with Crippen LogP contribution in [0.3, 0.4) is 0 Å². The Morgan fingerprint density at radius 2 is 1.96 bits per heavy atom. The zero-order valence-corrected chi connectivity index (χ0v) is 15.9. The van der Waals surface area contributed by atoms with E-state index in [9.17, 15) is 14.4 Å². The van der Waals surface area contributed by atoms with Gasteiger partial charge in [-0.25, -0.2) is 0 Å². The number of thioether (sulfide) groups is 1. The summed E-state index contributed by atoms with van der Waals surface area (Å²) in [5.74, 6) is -0.00208. The molecule has 2 rings (SSSR count). The van der Waals surface area contributed by atoms with Crippen molar-refractivity contribution in [3.05, 3.63) is 28.7 Å². The Kier molecular flexibility index (Phi) is 6.68. The van der Waals surface area contributed by atoms with Gasteiger partial charge in [-0.3, -0.25) is 19.3 Å². The number of benzene rings is 1. The smallest absolute Gasteiger partial charge is 0.326 e. The normalized spacial score (nSPS) is 15.7. The number of rotatable bonds is 7. The number of carbonyl (C=O) groups is 3. The first-order valence-corrected chi connectivity index (χ1v) is 8.81. The largest absolute Gasteiger partial charge is 0.493 e. The van der Waals surface area contributed by atoms with Crippen molar-refractivity contribution in [1.82, 2.24) is 4.90 Å². The van der Waals surface area contributed by atoms with Crippen LogP contribution in [0.15, 0.2) is 23.1 Å². The fraction of sp³-hybridized carbons (Fsp3) is 0.389. The minimum atomic E-state index is -0.610. The SMILES string of the molecule is COc1cccc(/C=C2/SC(=O)N(CC(=O)OCC(C)C)C2=O)c1OC. The zero-order chi connectivity index (χ0) is 19.3. The first-order chi connectivity index (χ1) is 12.4. The topological polar surface area (TPSA) is 82.1 Å². The molecule has 0 radical (unpaired) electrons. The van der Waals surface area contributed by atoms with Crippen LogP contribution in [-0.2, 0) is 14.3 Å². The Balaban J connectivity index is 2.18. The minimum absolute atomic E-state index is 0.175.